The van der Waals surface area contributed by atoms with Gasteiger partial charge in [-0.25, -0.2) is 5.01 Å². The van der Waals surface area contributed by atoms with Gasteiger partial charge in [-0.1, -0.05) is 36.4 Å². The summed E-state index contributed by atoms with van der Waals surface area (Å²) >= 11 is 0. The number of carbonyl (C=O) groups is 1. The largest absolute Gasteiger partial charge is 0.493 e. The molecule has 0 aromatic heterocycles. The zero-order chi connectivity index (χ0) is 17.1. The lowest BCUT2D eigenvalue weighted by atomic mass is 9.98. The first-order valence-electron chi connectivity index (χ1n) is 7.78. The number of rotatable bonds is 4. The van der Waals surface area contributed by atoms with Crippen LogP contribution >= 0.6 is 0 Å². The quantitative estimate of drug-likeness (QED) is 0.866. The van der Waals surface area contributed by atoms with Crippen molar-refractivity contribution in [2.45, 2.75) is 19.4 Å². The van der Waals surface area contributed by atoms with E-state index in [0.717, 1.165) is 16.8 Å². The third-order valence-electron chi connectivity index (χ3n) is 4.13. The van der Waals surface area contributed by atoms with E-state index in [9.17, 15) is 4.79 Å². The van der Waals surface area contributed by atoms with Gasteiger partial charge in [0.15, 0.2) is 11.5 Å². The van der Waals surface area contributed by atoms with E-state index in [0.29, 0.717) is 17.9 Å². The molecule has 1 aliphatic heterocycles. The van der Waals surface area contributed by atoms with Crippen LogP contribution in [0.3, 0.4) is 0 Å². The molecular weight excluding hydrogens is 304 g/mol. The molecule has 5 nitrogen and oxygen atoms in total. The van der Waals surface area contributed by atoms with Gasteiger partial charge in [-0.15, -0.1) is 0 Å². The highest BCUT2D eigenvalue weighted by molar-refractivity contribution is 6.03. The molecule has 0 unspecified atom stereocenters. The standard InChI is InChI=1S/C19H20N2O3/c1-13(22)21-17(12-16(20-21)14-7-5-4-6-8-14)15-9-10-18(23-2)19(11-15)24-3/h4-11,17H,12H2,1-3H3/t17-/m0/s1. The molecule has 0 bridgehead atoms. The van der Waals surface area contributed by atoms with Crippen LogP contribution in [0.25, 0.3) is 0 Å². The monoisotopic (exact) mass is 324 g/mol. The fourth-order valence-electron chi connectivity index (χ4n) is 2.93. The highest BCUT2D eigenvalue weighted by Gasteiger charge is 2.31. The predicted molar refractivity (Wildman–Crippen MR) is 92.4 cm³/mol. The summed E-state index contributed by atoms with van der Waals surface area (Å²) in [7, 11) is 3.20. The first kappa shape index (κ1) is 16.1. The lowest BCUT2D eigenvalue weighted by Crippen LogP contribution is -2.24. The normalized spacial score (nSPS) is 16.7. The molecule has 2 aromatic rings. The molecule has 0 aliphatic carbocycles. The highest BCUT2D eigenvalue weighted by atomic mass is 16.5. The summed E-state index contributed by atoms with van der Waals surface area (Å²) in [5, 5.41) is 6.09. The highest BCUT2D eigenvalue weighted by Crippen LogP contribution is 2.37. The lowest BCUT2D eigenvalue weighted by molar-refractivity contribution is -0.130. The van der Waals surface area contributed by atoms with E-state index < -0.39 is 0 Å². The molecule has 1 aliphatic rings. The third kappa shape index (κ3) is 2.97. The molecule has 1 amide bonds. The summed E-state index contributed by atoms with van der Waals surface area (Å²) in [5.74, 6) is 1.23. The van der Waals surface area contributed by atoms with Crippen molar-refractivity contribution in [1.29, 1.82) is 0 Å². The van der Waals surface area contributed by atoms with Gasteiger partial charge in [0.25, 0.3) is 0 Å². The van der Waals surface area contributed by atoms with Crippen LogP contribution < -0.4 is 9.47 Å². The molecule has 1 heterocycles. The Hall–Kier alpha value is -2.82. The van der Waals surface area contributed by atoms with Crippen molar-refractivity contribution in [3.05, 3.63) is 59.7 Å². The van der Waals surface area contributed by atoms with Crippen molar-refractivity contribution in [3.63, 3.8) is 0 Å². The summed E-state index contributed by atoms with van der Waals surface area (Å²) in [4.78, 5) is 12.0. The van der Waals surface area contributed by atoms with Gasteiger partial charge in [0, 0.05) is 13.3 Å². The maximum atomic E-state index is 12.0. The summed E-state index contributed by atoms with van der Waals surface area (Å²) in [6.45, 7) is 1.53. The SMILES string of the molecule is COc1ccc([C@@H]2CC(c3ccccc3)=NN2C(C)=O)cc1OC. The zero-order valence-electron chi connectivity index (χ0n) is 14.0. The van der Waals surface area contributed by atoms with Crippen molar-refractivity contribution in [3.8, 4) is 11.5 Å². The minimum atomic E-state index is -0.141. The van der Waals surface area contributed by atoms with Crippen molar-refractivity contribution >= 4 is 11.6 Å². The molecule has 0 spiro atoms. The number of methoxy groups -OCH3 is 2. The first-order valence-corrected chi connectivity index (χ1v) is 7.78. The Morgan fingerprint density at radius 2 is 1.79 bits per heavy atom. The van der Waals surface area contributed by atoms with E-state index in [1.165, 1.54) is 6.92 Å². The molecular formula is C19H20N2O3. The summed E-state index contributed by atoms with van der Waals surface area (Å²) in [6.07, 6.45) is 0.666. The Morgan fingerprint density at radius 1 is 1.08 bits per heavy atom. The molecule has 0 fully saturated rings. The number of benzene rings is 2. The number of hydrogen-bond acceptors (Lipinski definition) is 4. The molecule has 124 valence electrons. The fraction of sp³-hybridized carbons (Fsp3) is 0.263. The van der Waals surface area contributed by atoms with Crippen LogP contribution in [-0.4, -0.2) is 30.8 Å². The van der Waals surface area contributed by atoms with Crippen molar-refractivity contribution in [2.75, 3.05) is 14.2 Å². The number of nitrogens with zero attached hydrogens (tertiary/aromatic N) is 2. The van der Waals surface area contributed by atoms with Crippen LogP contribution in [0.5, 0.6) is 11.5 Å². The van der Waals surface area contributed by atoms with Gasteiger partial charge < -0.3 is 9.47 Å². The van der Waals surface area contributed by atoms with Crippen LogP contribution in [0.1, 0.15) is 30.5 Å². The van der Waals surface area contributed by atoms with Gasteiger partial charge in [-0.05, 0) is 23.3 Å². The van der Waals surface area contributed by atoms with Gasteiger partial charge in [0.05, 0.1) is 26.0 Å². The average Bonchev–Trinajstić information content (AvgIpc) is 3.07. The Labute approximate surface area is 141 Å². The summed E-state index contributed by atoms with van der Waals surface area (Å²) in [6, 6.07) is 15.5. The second-order valence-corrected chi connectivity index (χ2v) is 5.61. The summed E-state index contributed by atoms with van der Waals surface area (Å²) in [5.41, 5.74) is 2.91. The zero-order valence-corrected chi connectivity index (χ0v) is 14.0. The number of carbonyl (C=O) groups excluding carboxylic acids is 1. The molecule has 0 N–H and O–H groups in total. The maximum absolute atomic E-state index is 12.0. The summed E-state index contributed by atoms with van der Waals surface area (Å²) < 4.78 is 10.7. The predicted octanol–water partition coefficient (Wildman–Crippen LogP) is 3.40. The van der Waals surface area contributed by atoms with E-state index in [-0.39, 0.29) is 11.9 Å². The van der Waals surface area contributed by atoms with Crippen molar-refractivity contribution in [2.24, 2.45) is 5.10 Å². The van der Waals surface area contributed by atoms with Crippen molar-refractivity contribution < 1.29 is 14.3 Å². The third-order valence-corrected chi connectivity index (χ3v) is 4.13. The van der Waals surface area contributed by atoms with Crippen LogP contribution in [0.15, 0.2) is 53.6 Å². The molecule has 24 heavy (non-hydrogen) atoms. The Kier molecular flexibility index (Phi) is 4.51. The van der Waals surface area contributed by atoms with Gasteiger partial charge in [0.2, 0.25) is 5.91 Å². The van der Waals surface area contributed by atoms with Crippen LogP contribution in [0.4, 0.5) is 0 Å². The van der Waals surface area contributed by atoms with E-state index in [4.69, 9.17) is 9.47 Å². The van der Waals surface area contributed by atoms with Crippen LogP contribution in [-0.2, 0) is 4.79 Å². The molecule has 0 radical (unpaired) electrons. The first-order chi connectivity index (χ1) is 11.6. The van der Waals surface area contributed by atoms with Gasteiger partial charge in [-0.2, -0.15) is 5.10 Å². The smallest absolute Gasteiger partial charge is 0.240 e. The number of hydrogen-bond donors (Lipinski definition) is 0. The molecule has 5 heteroatoms. The number of hydrazone groups is 1. The van der Waals surface area contributed by atoms with Crippen molar-refractivity contribution in [1.82, 2.24) is 5.01 Å². The second-order valence-electron chi connectivity index (χ2n) is 5.61. The molecule has 1 atom stereocenters. The Balaban J connectivity index is 1.95. The van der Waals surface area contributed by atoms with Gasteiger partial charge in [-0.3, -0.25) is 4.79 Å². The average molecular weight is 324 g/mol. The van der Waals surface area contributed by atoms with Gasteiger partial charge >= 0.3 is 0 Å². The van der Waals surface area contributed by atoms with Crippen LogP contribution in [0.2, 0.25) is 0 Å². The van der Waals surface area contributed by atoms with E-state index in [2.05, 4.69) is 5.10 Å². The number of amides is 1. The van der Waals surface area contributed by atoms with E-state index in [1.807, 2.05) is 48.5 Å². The Bertz CT molecular complexity index is 771. The maximum Gasteiger partial charge on any atom is 0.240 e. The van der Waals surface area contributed by atoms with E-state index in [1.54, 1.807) is 19.2 Å². The lowest BCUT2D eigenvalue weighted by Gasteiger charge is -2.21. The Morgan fingerprint density at radius 3 is 2.42 bits per heavy atom. The topological polar surface area (TPSA) is 51.1 Å². The number of ether oxygens (including phenoxy) is 2. The molecule has 0 saturated heterocycles. The molecule has 2 aromatic carbocycles. The molecule has 0 saturated carbocycles. The minimum absolute atomic E-state index is 0.0827. The molecule has 3 rings (SSSR count). The van der Waals surface area contributed by atoms with E-state index >= 15 is 0 Å². The van der Waals surface area contributed by atoms with Gasteiger partial charge in [0.1, 0.15) is 0 Å². The minimum Gasteiger partial charge on any atom is -0.493 e. The fourth-order valence-corrected chi connectivity index (χ4v) is 2.93. The van der Waals surface area contributed by atoms with Crippen LogP contribution in [0, 0.1) is 0 Å². The second kappa shape index (κ2) is 6.74.